The topological polar surface area (TPSA) is 129 Å². The normalized spacial score (nSPS) is 16.3. The Morgan fingerprint density at radius 3 is 2.71 bits per heavy atom. The fourth-order valence-corrected chi connectivity index (χ4v) is 5.72. The van der Waals surface area contributed by atoms with Gasteiger partial charge in [-0.2, -0.15) is 0 Å². The van der Waals surface area contributed by atoms with Gasteiger partial charge < -0.3 is 14.3 Å². The Morgan fingerprint density at radius 1 is 1.20 bits per heavy atom. The lowest BCUT2D eigenvalue weighted by molar-refractivity contribution is -0.110. The number of ether oxygens (including phenoxy) is 2. The van der Waals surface area contributed by atoms with Crippen molar-refractivity contribution in [2.75, 3.05) is 25.6 Å². The molecule has 0 radical (unpaired) electrons. The van der Waals surface area contributed by atoms with Gasteiger partial charge in [0.2, 0.25) is 0 Å². The Kier molecular flexibility index (Phi) is 8.18. The molecule has 35 heavy (non-hydrogen) atoms. The second-order valence-electron chi connectivity index (χ2n) is 7.61. The first-order valence-electron chi connectivity index (χ1n) is 10.7. The molecule has 1 aliphatic rings. The Hall–Kier alpha value is -3.19. The van der Waals surface area contributed by atoms with Crippen molar-refractivity contribution in [2.24, 2.45) is 5.16 Å². The second kappa shape index (κ2) is 11.5. The van der Waals surface area contributed by atoms with Gasteiger partial charge in [0.05, 0.1) is 33.9 Å². The number of oxime groups is 1. The summed E-state index contributed by atoms with van der Waals surface area (Å²) in [4.78, 5) is 27.8. The Balaban J connectivity index is 1.56. The van der Waals surface area contributed by atoms with E-state index in [2.05, 4.69) is 20.4 Å². The maximum absolute atomic E-state index is 13.1. The number of thiazole rings is 1. The summed E-state index contributed by atoms with van der Waals surface area (Å²) in [5.41, 5.74) is 0.997. The molecule has 1 aliphatic heterocycles. The van der Waals surface area contributed by atoms with Crippen LogP contribution in [0.25, 0.3) is 0 Å². The van der Waals surface area contributed by atoms with E-state index < -0.39 is 21.0 Å². The summed E-state index contributed by atoms with van der Waals surface area (Å²) < 4.78 is 36.0. The van der Waals surface area contributed by atoms with Crippen LogP contribution in [0.15, 0.2) is 64.9 Å². The second-order valence-corrected chi connectivity index (χ2v) is 11.0. The van der Waals surface area contributed by atoms with Crippen molar-refractivity contribution in [3.63, 3.8) is 0 Å². The lowest BCUT2D eigenvalue weighted by Crippen LogP contribution is -2.25. The van der Waals surface area contributed by atoms with Crippen LogP contribution in [0, 0.1) is 0 Å². The molecule has 1 amide bonds. The SMILES string of the molecule is COCc1cnc(NC(=O)/C(=N/OCc2ccccn2)c2ccc(S(=O)(=O)[C@H]3CCOC3)cc2)s1. The van der Waals surface area contributed by atoms with Gasteiger partial charge in [0.1, 0.15) is 0 Å². The zero-order chi connectivity index (χ0) is 24.7. The lowest BCUT2D eigenvalue weighted by atomic mass is 10.1. The number of sulfone groups is 1. The van der Waals surface area contributed by atoms with Crippen LogP contribution in [0.4, 0.5) is 5.13 Å². The van der Waals surface area contributed by atoms with Crippen LogP contribution in [-0.4, -0.2) is 55.6 Å². The molecular formula is C23H24N4O6S2. The molecule has 0 unspecified atom stereocenters. The number of amides is 1. The third-order valence-corrected chi connectivity index (χ3v) is 8.22. The minimum absolute atomic E-state index is 0.0300. The molecule has 12 heteroatoms. The summed E-state index contributed by atoms with van der Waals surface area (Å²) in [6.45, 7) is 1.04. The van der Waals surface area contributed by atoms with Gasteiger partial charge >= 0.3 is 0 Å². The van der Waals surface area contributed by atoms with E-state index in [1.54, 1.807) is 31.6 Å². The van der Waals surface area contributed by atoms with Gasteiger partial charge in [-0.1, -0.05) is 34.7 Å². The van der Waals surface area contributed by atoms with Crippen molar-refractivity contribution in [1.29, 1.82) is 0 Å². The Bertz CT molecular complexity index is 1270. The molecule has 1 aromatic carbocycles. The smallest absolute Gasteiger partial charge is 0.280 e. The monoisotopic (exact) mass is 516 g/mol. The third-order valence-electron chi connectivity index (χ3n) is 5.15. The zero-order valence-corrected chi connectivity index (χ0v) is 20.5. The molecule has 0 bridgehead atoms. The van der Waals surface area contributed by atoms with Gasteiger partial charge in [-0.25, -0.2) is 13.4 Å². The summed E-state index contributed by atoms with van der Waals surface area (Å²) in [6.07, 6.45) is 3.70. The van der Waals surface area contributed by atoms with Crippen LogP contribution >= 0.6 is 11.3 Å². The highest BCUT2D eigenvalue weighted by molar-refractivity contribution is 7.92. The molecule has 4 rings (SSSR count). The molecule has 184 valence electrons. The number of hydrogen-bond donors (Lipinski definition) is 1. The van der Waals surface area contributed by atoms with E-state index in [-0.39, 0.29) is 23.8 Å². The maximum atomic E-state index is 13.1. The molecule has 1 atom stereocenters. The summed E-state index contributed by atoms with van der Waals surface area (Å²) in [5.74, 6) is -0.552. The van der Waals surface area contributed by atoms with Crippen LogP contribution in [0.3, 0.4) is 0 Å². The molecule has 3 heterocycles. The number of carbonyl (C=O) groups excluding carboxylic acids is 1. The van der Waals surface area contributed by atoms with Crippen molar-refractivity contribution in [1.82, 2.24) is 9.97 Å². The Labute approximate surface area is 206 Å². The summed E-state index contributed by atoms with van der Waals surface area (Å²) >= 11 is 1.27. The summed E-state index contributed by atoms with van der Waals surface area (Å²) in [6, 6.07) is 11.4. The number of anilines is 1. The fraction of sp³-hybridized carbons (Fsp3) is 0.304. The molecule has 3 aromatic rings. The molecule has 0 aliphatic carbocycles. The van der Waals surface area contributed by atoms with E-state index in [1.807, 2.05) is 6.07 Å². The van der Waals surface area contributed by atoms with Gasteiger partial charge in [-0.15, -0.1) is 0 Å². The molecule has 1 N–H and O–H groups in total. The molecule has 1 saturated heterocycles. The lowest BCUT2D eigenvalue weighted by Gasteiger charge is -2.11. The fourth-order valence-electron chi connectivity index (χ4n) is 3.35. The highest BCUT2D eigenvalue weighted by atomic mass is 32.2. The number of aromatic nitrogens is 2. The predicted molar refractivity (Wildman–Crippen MR) is 130 cm³/mol. The minimum Gasteiger partial charge on any atom is -0.389 e. The molecule has 10 nitrogen and oxygen atoms in total. The number of rotatable bonds is 10. The number of nitrogens with one attached hydrogen (secondary N) is 1. The van der Waals surface area contributed by atoms with Gasteiger partial charge in [-0.3, -0.25) is 15.1 Å². The van der Waals surface area contributed by atoms with E-state index in [9.17, 15) is 13.2 Å². The first-order valence-corrected chi connectivity index (χ1v) is 13.1. The van der Waals surface area contributed by atoms with E-state index in [0.29, 0.717) is 36.0 Å². The minimum atomic E-state index is -3.53. The van der Waals surface area contributed by atoms with Crippen LogP contribution in [-0.2, 0) is 42.2 Å². The van der Waals surface area contributed by atoms with Crippen LogP contribution in [0.1, 0.15) is 22.6 Å². The molecular weight excluding hydrogens is 492 g/mol. The average molecular weight is 517 g/mol. The summed E-state index contributed by atoms with van der Waals surface area (Å²) in [5, 5.41) is 6.56. The van der Waals surface area contributed by atoms with E-state index in [1.165, 1.54) is 35.6 Å². The van der Waals surface area contributed by atoms with Crippen LogP contribution in [0.5, 0.6) is 0 Å². The largest absolute Gasteiger partial charge is 0.389 e. The van der Waals surface area contributed by atoms with Crippen molar-refractivity contribution in [2.45, 2.75) is 29.8 Å². The number of nitrogens with zero attached hydrogens (tertiary/aromatic N) is 3. The highest BCUT2D eigenvalue weighted by Gasteiger charge is 2.31. The first-order chi connectivity index (χ1) is 17.0. The zero-order valence-electron chi connectivity index (χ0n) is 18.9. The number of carbonyl (C=O) groups is 1. The van der Waals surface area contributed by atoms with E-state index in [0.717, 1.165) is 4.88 Å². The van der Waals surface area contributed by atoms with Crippen molar-refractivity contribution >= 4 is 37.9 Å². The van der Waals surface area contributed by atoms with Crippen molar-refractivity contribution in [3.05, 3.63) is 71.0 Å². The number of benzene rings is 1. The Morgan fingerprint density at radius 2 is 2.03 bits per heavy atom. The third kappa shape index (κ3) is 6.28. The molecule has 1 fully saturated rings. The standard InChI is InChI=1S/C23H24N4O6S2/c1-31-14-18-12-25-23(34-18)26-22(28)21(27-33-13-17-4-2-3-10-24-17)16-5-7-19(8-6-16)35(29,30)20-9-11-32-15-20/h2-8,10,12,20H,9,11,13-15H2,1H3,(H,25,26,28)/b27-21+/t20-/m0/s1. The van der Waals surface area contributed by atoms with Crippen LogP contribution < -0.4 is 5.32 Å². The molecule has 0 saturated carbocycles. The van der Waals surface area contributed by atoms with Crippen molar-refractivity contribution < 1.29 is 27.5 Å². The quantitative estimate of drug-likeness (QED) is 0.322. The number of pyridine rings is 1. The van der Waals surface area contributed by atoms with Crippen LogP contribution in [0.2, 0.25) is 0 Å². The van der Waals surface area contributed by atoms with Gasteiger partial charge in [0, 0.05) is 31.7 Å². The highest BCUT2D eigenvalue weighted by Crippen LogP contribution is 2.23. The summed E-state index contributed by atoms with van der Waals surface area (Å²) in [7, 11) is -1.96. The van der Waals surface area contributed by atoms with Gasteiger partial charge in [0.15, 0.2) is 27.3 Å². The van der Waals surface area contributed by atoms with Gasteiger partial charge in [0.25, 0.3) is 5.91 Å². The molecule has 2 aromatic heterocycles. The van der Waals surface area contributed by atoms with Gasteiger partial charge in [-0.05, 0) is 30.7 Å². The first kappa shape index (κ1) is 24.9. The predicted octanol–water partition coefficient (Wildman–Crippen LogP) is 2.81. The average Bonchev–Trinajstić information content (AvgIpc) is 3.56. The maximum Gasteiger partial charge on any atom is 0.280 e. The molecule has 0 spiro atoms. The van der Waals surface area contributed by atoms with E-state index >= 15 is 0 Å². The number of methoxy groups -OCH3 is 1. The van der Waals surface area contributed by atoms with Crippen molar-refractivity contribution in [3.8, 4) is 0 Å². The number of hydrogen-bond acceptors (Lipinski definition) is 10. The van der Waals surface area contributed by atoms with E-state index in [4.69, 9.17) is 14.3 Å².